The molecule has 0 aromatic heterocycles. The number of benzene rings is 1. The molecule has 0 aliphatic carbocycles. The fourth-order valence-electron chi connectivity index (χ4n) is 2.76. The van der Waals surface area contributed by atoms with E-state index >= 15 is 0 Å². The predicted octanol–water partition coefficient (Wildman–Crippen LogP) is 1.88. The van der Waals surface area contributed by atoms with Crippen LogP contribution >= 0.6 is 0 Å². The summed E-state index contributed by atoms with van der Waals surface area (Å²) in [4.78, 5) is 17.0. The van der Waals surface area contributed by atoms with Crippen molar-refractivity contribution in [2.75, 3.05) is 39.3 Å². The van der Waals surface area contributed by atoms with E-state index in [1.807, 2.05) is 36.1 Å². The Labute approximate surface area is 127 Å². The summed E-state index contributed by atoms with van der Waals surface area (Å²) in [6.45, 7) is 7.66. The quantitative estimate of drug-likeness (QED) is 0.842. The molecule has 21 heavy (non-hydrogen) atoms. The molecule has 116 valence electrons. The standard InChI is InChI=1S/C17H27N3O/c1-15-5-7-16(8-6-15)17(21)20-12-4-11-19(13-14-20)10-3-2-9-18/h5-8H,2-4,9-14,18H2,1H3. The highest BCUT2D eigenvalue weighted by Gasteiger charge is 2.19. The number of nitrogens with two attached hydrogens (primary N) is 1. The third kappa shape index (κ3) is 4.83. The van der Waals surface area contributed by atoms with Gasteiger partial charge in [0.05, 0.1) is 0 Å². The van der Waals surface area contributed by atoms with Crippen LogP contribution in [0.3, 0.4) is 0 Å². The smallest absolute Gasteiger partial charge is 0.253 e. The minimum Gasteiger partial charge on any atom is -0.337 e. The lowest BCUT2D eigenvalue weighted by Crippen LogP contribution is -2.35. The van der Waals surface area contributed by atoms with Gasteiger partial charge in [-0.15, -0.1) is 0 Å². The number of hydrogen-bond acceptors (Lipinski definition) is 3. The highest BCUT2D eigenvalue weighted by molar-refractivity contribution is 5.94. The number of hydrogen-bond donors (Lipinski definition) is 1. The Morgan fingerprint density at radius 3 is 2.57 bits per heavy atom. The molecular weight excluding hydrogens is 262 g/mol. The maximum atomic E-state index is 12.5. The number of carbonyl (C=O) groups is 1. The van der Waals surface area contributed by atoms with Gasteiger partial charge in [-0.2, -0.15) is 0 Å². The van der Waals surface area contributed by atoms with Crippen LogP contribution in [-0.2, 0) is 0 Å². The summed E-state index contributed by atoms with van der Waals surface area (Å²) < 4.78 is 0. The summed E-state index contributed by atoms with van der Waals surface area (Å²) >= 11 is 0. The monoisotopic (exact) mass is 289 g/mol. The van der Waals surface area contributed by atoms with E-state index in [9.17, 15) is 4.79 Å². The van der Waals surface area contributed by atoms with Gasteiger partial charge in [0.2, 0.25) is 0 Å². The maximum Gasteiger partial charge on any atom is 0.253 e. The van der Waals surface area contributed by atoms with Crippen molar-refractivity contribution in [2.24, 2.45) is 5.73 Å². The van der Waals surface area contributed by atoms with Crippen molar-refractivity contribution in [1.82, 2.24) is 9.80 Å². The lowest BCUT2D eigenvalue weighted by atomic mass is 10.1. The Hall–Kier alpha value is -1.39. The predicted molar refractivity (Wildman–Crippen MR) is 86.4 cm³/mol. The van der Waals surface area contributed by atoms with Crippen LogP contribution in [0.25, 0.3) is 0 Å². The molecule has 1 heterocycles. The highest BCUT2D eigenvalue weighted by atomic mass is 16.2. The molecule has 1 aromatic carbocycles. The van der Waals surface area contributed by atoms with E-state index in [0.717, 1.165) is 64.1 Å². The van der Waals surface area contributed by atoms with Crippen molar-refractivity contribution >= 4 is 5.91 Å². The van der Waals surface area contributed by atoms with Crippen LogP contribution in [0.1, 0.15) is 35.2 Å². The minimum absolute atomic E-state index is 0.166. The molecule has 1 aromatic rings. The van der Waals surface area contributed by atoms with Gasteiger partial charge in [-0.05, 0) is 58.0 Å². The number of unbranched alkanes of at least 4 members (excludes halogenated alkanes) is 1. The summed E-state index contributed by atoms with van der Waals surface area (Å²) in [6.07, 6.45) is 3.30. The molecule has 0 atom stereocenters. The molecule has 1 amide bonds. The third-order valence-corrected chi connectivity index (χ3v) is 4.10. The van der Waals surface area contributed by atoms with E-state index in [0.29, 0.717) is 0 Å². The first-order valence-corrected chi connectivity index (χ1v) is 7.99. The average Bonchev–Trinajstić information content (AvgIpc) is 2.73. The van der Waals surface area contributed by atoms with Crippen LogP contribution < -0.4 is 5.73 Å². The van der Waals surface area contributed by atoms with Crippen molar-refractivity contribution in [3.8, 4) is 0 Å². The summed E-state index contributed by atoms with van der Waals surface area (Å²) in [5.74, 6) is 0.166. The maximum absolute atomic E-state index is 12.5. The Morgan fingerprint density at radius 1 is 1.10 bits per heavy atom. The van der Waals surface area contributed by atoms with Gasteiger partial charge in [0.1, 0.15) is 0 Å². The lowest BCUT2D eigenvalue weighted by Gasteiger charge is -2.22. The zero-order valence-corrected chi connectivity index (χ0v) is 13.1. The normalized spacial score (nSPS) is 16.8. The van der Waals surface area contributed by atoms with E-state index in [1.165, 1.54) is 5.56 Å². The molecule has 2 rings (SSSR count). The Kier molecular flexibility index (Phi) is 6.21. The molecule has 0 saturated carbocycles. The van der Waals surface area contributed by atoms with Crippen LogP contribution in [0.4, 0.5) is 0 Å². The number of amides is 1. The van der Waals surface area contributed by atoms with E-state index in [2.05, 4.69) is 4.90 Å². The first-order chi connectivity index (χ1) is 10.2. The van der Waals surface area contributed by atoms with Gasteiger partial charge in [0.25, 0.3) is 5.91 Å². The van der Waals surface area contributed by atoms with E-state index in [1.54, 1.807) is 0 Å². The fraction of sp³-hybridized carbons (Fsp3) is 0.588. The molecule has 2 N–H and O–H groups in total. The van der Waals surface area contributed by atoms with Gasteiger partial charge in [0, 0.05) is 25.2 Å². The molecule has 0 bridgehead atoms. The largest absolute Gasteiger partial charge is 0.337 e. The summed E-state index contributed by atoms with van der Waals surface area (Å²) in [7, 11) is 0. The molecule has 1 saturated heterocycles. The van der Waals surface area contributed by atoms with E-state index < -0.39 is 0 Å². The molecule has 0 spiro atoms. The molecule has 4 nitrogen and oxygen atoms in total. The number of rotatable bonds is 5. The summed E-state index contributed by atoms with van der Waals surface area (Å²) in [5, 5.41) is 0. The van der Waals surface area contributed by atoms with E-state index in [4.69, 9.17) is 5.73 Å². The molecule has 4 heteroatoms. The van der Waals surface area contributed by atoms with Crippen molar-refractivity contribution in [3.63, 3.8) is 0 Å². The average molecular weight is 289 g/mol. The fourth-order valence-corrected chi connectivity index (χ4v) is 2.76. The first kappa shape index (κ1) is 16.0. The summed E-state index contributed by atoms with van der Waals surface area (Å²) in [6, 6.07) is 7.87. The molecule has 0 unspecified atom stereocenters. The number of nitrogens with zero attached hydrogens (tertiary/aromatic N) is 2. The molecule has 0 radical (unpaired) electrons. The van der Waals surface area contributed by atoms with Gasteiger partial charge in [-0.1, -0.05) is 17.7 Å². The molecule has 1 aliphatic rings. The van der Waals surface area contributed by atoms with Crippen molar-refractivity contribution in [3.05, 3.63) is 35.4 Å². The second kappa shape index (κ2) is 8.15. The number of carbonyl (C=O) groups excluding carboxylic acids is 1. The molecule has 1 fully saturated rings. The minimum atomic E-state index is 0.166. The van der Waals surface area contributed by atoms with Crippen LogP contribution in [0.15, 0.2) is 24.3 Å². The Balaban J connectivity index is 1.87. The number of aryl methyl sites for hydroxylation is 1. The van der Waals surface area contributed by atoms with E-state index in [-0.39, 0.29) is 5.91 Å². The zero-order valence-electron chi connectivity index (χ0n) is 13.1. The van der Waals surface area contributed by atoms with Gasteiger partial charge < -0.3 is 15.5 Å². The van der Waals surface area contributed by atoms with Gasteiger partial charge in [-0.25, -0.2) is 0 Å². The SMILES string of the molecule is Cc1ccc(C(=O)N2CCCN(CCCCN)CC2)cc1. The van der Waals surface area contributed by atoms with Gasteiger partial charge in [-0.3, -0.25) is 4.79 Å². The Bertz CT molecular complexity index is 444. The van der Waals surface area contributed by atoms with Crippen LogP contribution in [0.5, 0.6) is 0 Å². The van der Waals surface area contributed by atoms with Crippen molar-refractivity contribution < 1.29 is 4.79 Å². The highest BCUT2D eigenvalue weighted by Crippen LogP contribution is 2.11. The van der Waals surface area contributed by atoms with Crippen LogP contribution in [0, 0.1) is 6.92 Å². The first-order valence-electron chi connectivity index (χ1n) is 7.99. The van der Waals surface area contributed by atoms with Crippen LogP contribution in [0.2, 0.25) is 0 Å². The van der Waals surface area contributed by atoms with Crippen molar-refractivity contribution in [1.29, 1.82) is 0 Å². The van der Waals surface area contributed by atoms with Crippen LogP contribution in [-0.4, -0.2) is 55.0 Å². The topological polar surface area (TPSA) is 49.6 Å². The van der Waals surface area contributed by atoms with Gasteiger partial charge >= 0.3 is 0 Å². The Morgan fingerprint density at radius 2 is 1.86 bits per heavy atom. The van der Waals surface area contributed by atoms with Gasteiger partial charge in [0.15, 0.2) is 0 Å². The molecular formula is C17H27N3O. The third-order valence-electron chi connectivity index (χ3n) is 4.10. The molecule has 1 aliphatic heterocycles. The lowest BCUT2D eigenvalue weighted by molar-refractivity contribution is 0.0761. The zero-order chi connectivity index (χ0) is 15.1. The second-order valence-electron chi connectivity index (χ2n) is 5.85. The van der Waals surface area contributed by atoms with Crippen molar-refractivity contribution in [2.45, 2.75) is 26.2 Å². The summed E-state index contributed by atoms with van der Waals surface area (Å²) in [5.41, 5.74) is 7.53. The second-order valence-corrected chi connectivity index (χ2v) is 5.85.